The normalized spacial score (nSPS) is 12.2. The second-order valence-corrected chi connectivity index (χ2v) is 6.50. The molecule has 5 heteroatoms. The summed E-state index contributed by atoms with van der Waals surface area (Å²) in [5.74, 6) is 0.906. The van der Waals surface area contributed by atoms with Crippen molar-refractivity contribution >= 4 is 22.4 Å². The zero-order valence-corrected chi connectivity index (χ0v) is 12.3. The highest BCUT2D eigenvalue weighted by molar-refractivity contribution is 7.13. The maximum Gasteiger partial charge on any atom is 0.170 e. The first-order chi connectivity index (χ1) is 8.97. The minimum absolute atomic E-state index is 0.0703. The van der Waals surface area contributed by atoms with Crippen molar-refractivity contribution in [2.75, 3.05) is 0 Å². The van der Waals surface area contributed by atoms with Crippen molar-refractivity contribution in [3.63, 3.8) is 0 Å². The Balaban J connectivity index is 2.14. The van der Waals surface area contributed by atoms with Crippen LogP contribution in [-0.2, 0) is 12.5 Å². The highest BCUT2D eigenvalue weighted by atomic mass is 32.1. The Hall–Kier alpha value is -1.75. The number of rotatable bonds is 1. The van der Waals surface area contributed by atoms with Gasteiger partial charge in [0.05, 0.1) is 22.9 Å². The van der Waals surface area contributed by atoms with Gasteiger partial charge in [0.2, 0.25) is 0 Å². The van der Waals surface area contributed by atoms with E-state index in [9.17, 15) is 0 Å². The average Bonchev–Trinajstić information content (AvgIpc) is 2.94. The van der Waals surface area contributed by atoms with Crippen LogP contribution in [0.25, 0.3) is 21.9 Å². The number of hydrogen-bond acceptors (Lipinski definition) is 4. The van der Waals surface area contributed by atoms with Crippen LogP contribution in [0.15, 0.2) is 23.8 Å². The monoisotopic (exact) mass is 272 g/mol. The van der Waals surface area contributed by atoms with Gasteiger partial charge in [0, 0.05) is 24.0 Å². The van der Waals surface area contributed by atoms with Crippen LogP contribution in [0, 0.1) is 0 Å². The Morgan fingerprint density at radius 1 is 1.21 bits per heavy atom. The van der Waals surface area contributed by atoms with Gasteiger partial charge in [0.15, 0.2) is 10.8 Å². The fourth-order valence-electron chi connectivity index (χ4n) is 1.95. The number of hydrogen-bond donors (Lipinski definition) is 0. The molecule has 0 radical (unpaired) electrons. The summed E-state index contributed by atoms with van der Waals surface area (Å²) in [4.78, 5) is 13.5. The molecular formula is C14H16N4S. The van der Waals surface area contributed by atoms with Crippen LogP contribution in [0.4, 0.5) is 0 Å². The second kappa shape index (κ2) is 4.13. The quantitative estimate of drug-likeness (QED) is 0.682. The van der Waals surface area contributed by atoms with Crippen molar-refractivity contribution in [3.05, 3.63) is 29.5 Å². The standard InChI is InChI=1S/C14H16N4S/c1-14(2,3)11-8-19-13(17-11)12-16-9-5-6-15-7-10(9)18(12)4/h5-8H,1-4H3. The molecule has 0 spiro atoms. The molecule has 0 unspecified atom stereocenters. The largest absolute Gasteiger partial charge is 0.324 e. The van der Waals surface area contributed by atoms with Crippen molar-refractivity contribution in [2.24, 2.45) is 7.05 Å². The van der Waals surface area contributed by atoms with Crippen molar-refractivity contribution in [1.82, 2.24) is 19.5 Å². The SMILES string of the molecule is Cn1c(-c2nc(C(C)(C)C)cs2)nc2ccncc21. The van der Waals surface area contributed by atoms with E-state index in [2.05, 4.69) is 36.1 Å². The van der Waals surface area contributed by atoms with Gasteiger partial charge in [0.1, 0.15) is 0 Å². The van der Waals surface area contributed by atoms with E-state index in [1.165, 1.54) is 0 Å². The lowest BCUT2D eigenvalue weighted by molar-refractivity contribution is 0.573. The van der Waals surface area contributed by atoms with Crippen LogP contribution in [-0.4, -0.2) is 19.5 Å². The molecular weight excluding hydrogens is 256 g/mol. The van der Waals surface area contributed by atoms with Crippen LogP contribution in [0.1, 0.15) is 26.5 Å². The van der Waals surface area contributed by atoms with E-state index in [4.69, 9.17) is 4.98 Å². The van der Waals surface area contributed by atoms with Gasteiger partial charge in [-0.15, -0.1) is 11.3 Å². The van der Waals surface area contributed by atoms with Gasteiger partial charge in [0.25, 0.3) is 0 Å². The topological polar surface area (TPSA) is 43.6 Å². The Labute approximate surface area is 116 Å². The van der Waals surface area contributed by atoms with E-state index < -0.39 is 0 Å². The molecule has 0 N–H and O–H groups in total. The van der Waals surface area contributed by atoms with Gasteiger partial charge in [-0.2, -0.15) is 0 Å². The summed E-state index contributed by atoms with van der Waals surface area (Å²) < 4.78 is 2.05. The average molecular weight is 272 g/mol. The van der Waals surface area contributed by atoms with Crippen LogP contribution in [0.3, 0.4) is 0 Å². The predicted octanol–water partition coefficient (Wildman–Crippen LogP) is 3.39. The van der Waals surface area contributed by atoms with Crippen LogP contribution < -0.4 is 0 Å². The fourth-order valence-corrected chi connectivity index (χ4v) is 3.02. The Morgan fingerprint density at radius 2 is 2.00 bits per heavy atom. The third-order valence-electron chi connectivity index (χ3n) is 3.15. The molecule has 0 saturated heterocycles. The van der Waals surface area contributed by atoms with E-state index >= 15 is 0 Å². The molecule has 0 amide bonds. The fraction of sp³-hybridized carbons (Fsp3) is 0.357. The number of aryl methyl sites for hydroxylation is 1. The number of aromatic nitrogens is 4. The minimum Gasteiger partial charge on any atom is -0.324 e. The van der Waals surface area contributed by atoms with E-state index in [-0.39, 0.29) is 5.41 Å². The lowest BCUT2D eigenvalue weighted by Gasteiger charge is -2.14. The molecule has 0 fully saturated rings. The molecule has 3 rings (SSSR count). The number of imidazole rings is 1. The number of thiazole rings is 1. The van der Waals surface area contributed by atoms with Crippen molar-refractivity contribution in [2.45, 2.75) is 26.2 Å². The van der Waals surface area contributed by atoms with Gasteiger partial charge in [-0.05, 0) is 6.07 Å². The lowest BCUT2D eigenvalue weighted by Crippen LogP contribution is -2.11. The molecule has 0 bridgehead atoms. The second-order valence-electron chi connectivity index (χ2n) is 5.65. The Bertz CT molecular complexity index is 733. The van der Waals surface area contributed by atoms with Gasteiger partial charge in [-0.1, -0.05) is 20.8 Å². The van der Waals surface area contributed by atoms with Crippen LogP contribution in [0.5, 0.6) is 0 Å². The summed E-state index contributed by atoms with van der Waals surface area (Å²) in [7, 11) is 2.00. The van der Waals surface area contributed by atoms with Gasteiger partial charge >= 0.3 is 0 Å². The molecule has 0 aliphatic heterocycles. The number of nitrogens with zero attached hydrogens (tertiary/aromatic N) is 4. The van der Waals surface area contributed by atoms with Crippen molar-refractivity contribution in [3.8, 4) is 10.8 Å². The van der Waals surface area contributed by atoms with E-state index in [0.29, 0.717) is 0 Å². The predicted molar refractivity (Wildman–Crippen MR) is 78.3 cm³/mol. The summed E-state index contributed by atoms with van der Waals surface area (Å²) in [6.07, 6.45) is 3.60. The zero-order chi connectivity index (χ0) is 13.6. The van der Waals surface area contributed by atoms with E-state index in [1.54, 1.807) is 17.5 Å². The summed E-state index contributed by atoms with van der Waals surface area (Å²) in [5.41, 5.74) is 3.17. The van der Waals surface area contributed by atoms with Gasteiger partial charge in [-0.25, -0.2) is 9.97 Å². The zero-order valence-electron chi connectivity index (χ0n) is 11.5. The Kier molecular flexibility index (Phi) is 2.67. The molecule has 98 valence electrons. The molecule has 3 aromatic heterocycles. The lowest BCUT2D eigenvalue weighted by atomic mass is 9.93. The minimum atomic E-state index is 0.0703. The Morgan fingerprint density at radius 3 is 2.63 bits per heavy atom. The molecule has 4 nitrogen and oxygen atoms in total. The third kappa shape index (κ3) is 2.04. The molecule has 3 aromatic rings. The number of pyridine rings is 1. The summed E-state index contributed by atoms with van der Waals surface area (Å²) in [5, 5.41) is 3.08. The van der Waals surface area contributed by atoms with Crippen LogP contribution >= 0.6 is 11.3 Å². The summed E-state index contributed by atoms with van der Waals surface area (Å²) in [6, 6.07) is 1.93. The molecule has 0 atom stereocenters. The highest BCUT2D eigenvalue weighted by Crippen LogP contribution is 2.30. The third-order valence-corrected chi connectivity index (χ3v) is 3.99. The molecule has 0 aromatic carbocycles. The van der Waals surface area contributed by atoms with Crippen molar-refractivity contribution in [1.29, 1.82) is 0 Å². The summed E-state index contributed by atoms with van der Waals surface area (Å²) >= 11 is 1.64. The molecule has 3 heterocycles. The molecule has 0 aliphatic carbocycles. The molecule has 19 heavy (non-hydrogen) atoms. The van der Waals surface area contributed by atoms with Crippen molar-refractivity contribution < 1.29 is 0 Å². The number of fused-ring (bicyclic) bond motifs is 1. The first-order valence-corrected chi connectivity index (χ1v) is 7.07. The highest BCUT2D eigenvalue weighted by Gasteiger charge is 2.20. The van der Waals surface area contributed by atoms with Gasteiger partial charge in [-0.3, -0.25) is 4.98 Å². The van der Waals surface area contributed by atoms with E-state index in [0.717, 1.165) is 27.6 Å². The first-order valence-electron chi connectivity index (χ1n) is 6.19. The van der Waals surface area contributed by atoms with E-state index in [1.807, 2.05) is 23.9 Å². The molecule has 0 aliphatic rings. The van der Waals surface area contributed by atoms with Crippen LogP contribution in [0.2, 0.25) is 0 Å². The maximum atomic E-state index is 4.72. The van der Waals surface area contributed by atoms with Gasteiger partial charge < -0.3 is 4.57 Å². The smallest absolute Gasteiger partial charge is 0.170 e. The summed E-state index contributed by atoms with van der Waals surface area (Å²) in [6.45, 7) is 6.51. The maximum absolute atomic E-state index is 4.72. The molecule has 0 saturated carbocycles. The first kappa shape index (κ1) is 12.3.